The van der Waals surface area contributed by atoms with Gasteiger partial charge in [-0.25, -0.2) is 14.6 Å². The lowest BCUT2D eigenvalue weighted by Crippen LogP contribution is -2.31. The molecule has 4 aromatic rings. The van der Waals surface area contributed by atoms with Crippen molar-refractivity contribution in [3.8, 4) is 5.69 Å². The minimum absolute atomic E-state index is 0.0542. The Morgan fingerprint density at radius 1 is 1.27 bits per heavy atom. The molecule has 156 valence electrons. The summed E-state index contributed by atoms with van der Waals surface area (Å²) in [6, 6.07) is 7.71. The van der Waals surface area contributed by atoms with E-state index < -0.39 is 0 Å². The molecule has 0 saturated carbocycles. The molecule has 1 amide bonds. The van der Waals surface area contributed by atoms with Crippen LogP contribution >= 0.6 is 0 Å². The Labute approximate surface area is 173 Å². The summed E-state index contributed by atoms with van der Waals surface area (Å²) in [5, 5.41) is 14.8. The smallest absolute Gasteiger partial charge is 0.222 e. The number of anilines is 1. The van der Waals surface area contributed by atoms with E-state index in [1.807, 2.05) is 48.9 Å². The number of benzene rings is 1. The Morgan fingerprint density at radius 3 is 2.77 bits per heavy atom. The number of fused-ring (bicyclic) bond motifs is 3. The minimum Gasteiger partial charge on any atom is -0.395 e. The molecule has 3 N–H and O–H groups in total. The summed E-state index contributed by atoms with van der Waals surface area (Å²) in [5.41, 5.74) is 9.25. The highest BCUT2D eigenvalue weighted by Gasteiger charge is 2.20. The fraction of sp³-hybridized carbons (Fsp3) is 0.333. The minimum atomic E-state index is -0.0542. The lowest BCUT2D eigenvalue weighted by molar-refractivity contribution is -0.131. The number of imidazole rings is 1. The maximum Gasteiger partial charge on any atom is 0.222 e. The fourth-order valence-electron chi connectivity index (χ4n) is 3.74. The quantitative estimate of drug-likeness (QED) is 0.485. The van der Waals surface area contributed by atoms with E-state index in [0.717, 1.165) is 22.1 Å². The third kappa shape index (κ3) is 3.37. The molecule has 0 saturated heterocycles. The summed E-state index contributed by atoms with van der Waals surface area (Å²) in [6.45, 7) is 5.01. The first-order valence-corrected chi connectivity index (χ1v) is 10.0. The molecule has 1 aromatic carbocycles. The lowest BCUT2D eigenvalue weighted by atomic mass is 10.1. The Bertz CT molecular complexity index is 1200. The molecule has 0 atom stereocenters. The molecule has 0 aliphatic heterocycles. The van der Waals surface area contributed by atoms with Crippen LogP contribution in [0.4, 0.5) is 5.82 Å². The molecule has 0 bridgehead atoms. The van der Waals surface area contributed by atoms with Gasteiger partial charge < -0.3 is 20.3 Å². The van der Waals surface area contributed by atoms with E-state index in [4.69, 9.17) is 10.7 Å². The molecule has 0 aliphatic carbocycles. The van der Waals surface area contributed by atoms with Crippen LogP contribution in [0, 0.1) is 0 Å². The summed E-state index contributed by atoms with van der Waals surface area (Å²) in [4.78, 5) is 23.3. The number of nitrogens with zero attached hydrogens (tertiary/aromatic N) is 6. The number of aliphatic hydroxyl groups is 1. The van der Waals surface area contributed by atoms with E-state index in [-0.39, 0.29) is 12.5 Å². The van der Waals surface area contributed by atoms with E-state index in [0.29, 0.717) is 43.2 Å². The monoisotopic (exact) mass is 407 g/mol. The Balaban J connectivity index is 1.90. The van der Waals surface area contributed by atoms with Gasteiger partial charge in [-0.1, -0.05) is 6.92 Å². The number of amides is 1. The van der Waals surface area contributed by atoms with Crippen LogP contribution in [0.5, 0.6) is 0 Å². The average molecular weight is 407 g/mol. The molecule has 0 spiro atoms. The van der Waals surface area contributed by atoms with Gasteiger partial charge in [0.05, 0.1) is 29.9 Å². The molecule has 0 radical (unpaired) electrons. The zero-order valence-electron chi connectivity index (χ0n) is 17.1. The number of carbonyl (C=O) groups excluding carboxylic acids is 1. The van der Waals surface area contributed by atoms with Crippen molar-refractivity contribution < 1.29 is 9.90 Å². The van der Waals surface area contributed by atoms with Crippen LogP contribution < -0.4 is 5.73 Å². The number of rotatable bonds is 7. The van der Waals surface area contributed by atoms with Crippen molar-refractivity contribution in [2.75, 3.05) is 18.9 Å². The second kappa shape index (κ2) is 8.11. The maximum absolute atomic E-state index is 12.3. The number of hydrogen-bond acceptors (Lipinski definition) is 6. The molecule has 0 aliphatic rings. The van der Waals surface area contributed by atoms with Crippen LogP contribution in [-0.2, 0) is 17.9 Å². The maximum atomic E-state index is 12.3. The molecular weight excluding hydrogens is 382 g/mol. The van der Waals surface area contributed by atoms with Gasteiger partial charge in [0.15, 0.2) is 5.82 Å². The number of pyridine rings is 1. The molecule has 9 nitrogen and oxygen atoms in total. The van der Waals surface area contributed by atoms with E-state index >= 15 is 0 Å². The molecule has 9 heteroatoms. The van der Waals surface area contributed by atoms with Crippen LogP contribution in [0.25, 0.3) is 27.6 Å². The fourth-order valence-corrected chi connectivity index (χ4v) is 3.74. The molecule has 3 heterocycles. The summed E-state index contributed by atoms with van der Waals surface area (Å²) < 4.78 is 3.70. The van der Waals surface area contributed by atoms with Crippen molar-refractivity contribution in [1.82, 2.24) is 29.2 Å². The molecule has 4 rings (SSSR count). The van der Waals surface area contributed by atoms with E-state index in [1.165, 1.54) is 0 Å². The van der Waals surface area contributed by atoms with Crippen LogP contribution in [0.1, 0.15) is 26.1 Å². The van der Waals surface area contributed by atoms with E-state index in [2.05, 4.69) is 10.1 Å². The SMILES string of the molecule is CCC(=O)N(CC)Cc1nc2c(N)nc3cc(-n4cccn4)ccc3c2n1CCO. The van der Waals surface area contributed by atoms with Gasteiger partial charge in [0.1, 0.15) is 11.3 Å². The third-order valence-corrected chi connectivity index (χ3v) is 5.23. The molecule has 3 aromatic heterocycles. The van der Waals surface area contributed by atoms with Gasteiger partial charge in [-0.15, -0.1) is 0 Å². The lowest BCUT2D eigenvalue weighted by Gasteiger charge is -2.20. The molecule has 0 unspecified atom stereocenters. The number of hydrogen-bond donors (Lipinski definition) is 2. The second-order valence-electron chi connectivity index (χ2n) is 7.01. The number of aromatic nitrogens is 5. The zero-order valence-corrected chi connectivity index (χ0v) is 17.1. The van der Waals surface area contributed by atoms with Crippen LogP contribution in [0.3, 0.4) is 0 Å². The van der Waals surface area contributed by atoms with Crippen molar-refractivity contribution in [2.24, 2.45) is 0 Å². The van der Waals surface area contributed by atoms with Crippen LogP contribution in [0.2, 0.25) is 0 Å². The topological polar surface area (TPSA) is 115 Å². The molecule has 0 fully saturated rings. The predicted octanol–water partition coefficient (Wildman–Crippen LogP) is 2.10. The Kier molecular flexibility index (Phi) is 5.37. The number of nitrogen functional groups attached to an aromatic ring is 1. The van der Waals surface area contributed by atoms with E-state index in [9.17, 15) is 9.90 Å². The van der Waals surface area contributed by atoms with Gasteiger partial charge in [-0.2, -0.15) is 5.10 Å². The summed E-state index contributed by atoms with van der Waals surface area (Å²) in [5.74, 6) is 1.05. The summed E-state index contributed by atoms with van der Waals surface area (Å²) in [6.07, 6.45) is 4.01. The van der Waals surface area contributed by atoms with Gasteiger partial charge in [0, 0.05) is 37.3 Å². The van der Waals surface area contributed by atoms with Gasteiger partial charge in [0.2, 0.25) is 5.91 Å². The van der Waals surface area contributed by atoms with Gasteiger partial charge in [-0.3, -0.25) is 4.79 Å². The average Bonchev–Trinajstić information content (AvgIpc) is 3.41. The first kappa shape index (κ1) is 19.8. The van der Waals surface area contributed by atoms with Crippen molar-refractivity contribution >= 4 is 33.7 Å². The first-order chi connectivity index (χ1) is 14.6. The molecular formula is C21H25N7O2. The highest BCUT2D eigenvalue weighted by molar-refractivity contribution is 6.07. The highest BCUT2D eigenvalue weighted by atomic mass is 16.3. The third-order valence-electron chi connectivity index (χ3n) is 5.23. The van der Waals surface area contributed by atoms with Crippen LogP contribution in [0.15, 0.2) is 36.7 Å². The number of carbonyl (C=O) groups is 1. The predicted molar refractivity (Wildman–Crippen MR) is 115 cm³/mol. The van der Waals surface area contributed by atoms with Crippen molar-refractivity contribution in [1.29, 1.82) is 0 Å². The largest absolute Gasteiger partial charge is 0.395 e. The van der Waals surface area contributed by atoms with Gasteiger partial charge in [0.25, 0.3) is 0 Å². The van der Waals surface area contributed by atoms with Crippen LogP contribution in [-0.4, -0.2) is 53.4 Å². The zero-order chi connectivity index (χ0) is 21.3. The highest BCUT2D eigenvalue weighted by Crippen LogP contribution is 2.30. The number of nitrogens with two attached hydrogens (primary N) is 1. The van der Waals surface area contributed by atoms with Crippen molar-refractivity contribution in [2.45, 2.75) is 33.4 Å². The standard InChI is InChI=1S/C21H25N7O2/c1-3-18(30)26(4-2)13-17-25-19-20(27(17)10-11-29)15-7-6-14(28-9-5-8-23-28)12-16(15)24-21(19)22/h5-9,12,29H,3-4,10-11,13H2,1-2H3,(H2,22,24). The second-order valence-corrected chi connectivity index (χ2v) is 7.01. The van der Waals surface area contributed by atoms with Crippen molar-refractivity contribution in [3.63, 3.8) is 0 Å². The first-order valence-electron chi connectivity index (χ1n) is 10.0. The van der Waals surface area contributed by atoms with Gasteiger partial charge >= 0.3 is 0 Å². The normalized spacial score (nSPS) is 11.4. The number of aliphatic hydroxyl groups excluding tert-OH is 1. The summed E-state index contributed by atoms with van der Waals surface area (Å²) in [7, 11) is 0. The molecule has 30 heavy (non-hydrogen) atoms. The Hall–Kier alpha value is -3.46. The van der Waals surface area contributed by atoms with Crippen molar-refractivity contribution in [3.05, 3.63) is 42.5 Å². The van der Waals surface area contributed by atoms with Gasteiger partial charge in [-0.05, 0) is 31.2 Å². The van der Waals surface area contributed by atoms with E-state index in [1.54, 1.807) is 15.8 Å². The Morgan fingerprint density at radius 2 is 2.10 bits per heavy atom. The summed E-state index contributed by atoms with van der Waals surface area (Å²) >= 11 is 0.